The van der Waals surface area contributed by atoms with E-state index in [1.807, 2.05) is 13.1 Å². The number of aromatic nitrogens is 3. The molecule has 0 fully saturated rings. The fourth-order valence-electron chi connectivity index (χ4n) is 1.68. The van der Waals surface area contributed by atoms with Crippen molar-refractivity contribution in [3.63, 3.8) is 0 Å². The average molecular weight is 295 g/mol. The first-order valence-corrected chi connectivity index (χ1v) is 6.38. The molecule has 2 aromatic heterocycles. The van der Waals surface area contributed by atoms with E-state index in [0.717, 1.165) is 5.56 Å². The van der Waals surface area contributed by atoms with Crippen molar-refractivity contribution in [2.75, 3.05) is 12.0 Å². The Kier molecular flexibility index (Phi) is 4.54. The lowest BCUT2D eigenvalue weighted by Crippen LogP contribution is -2.27. The highest BCUT2D eigenvalue weighted by Crippen LogP contribution is 2.13. The Bertz CT molecular complexity index is 612. The van der Waals surface area contributed by atoms with E-state index >= 15 is 0 Å². The SMILES string of the molecule is Cc1cnn(CCNC(=O)c2cc(Cl)nc(NN)c2)c1. The number of nitrogens with zero attached hydrogens (tertiary/aromatic N) is 3. The number of pyridine rings is 1. The molecular weight excluding hydrogens is 280 g/mol. The van der Waals surface area contributed by atoms with Crippen LogP contribution in [0.2, 0.25) is 5.15 Å². The molecule has 20 heavy (non-hydrogen) atoms. The number of carbonyl (C=O) groups is 1. The van der Waals surface area contributed by atoms with Crippen molar-refractivity contribution in [3.8, 4) is 0 Å². The molecule has 0 aliphatic heterocycles. The van der Waals surface area contributed by atoms with Crippen LogP contribution < -0.4 is 16.6 Å². The summed E-state index contributed by atoms with van der Waals surface area (Å²) in [5.41, 5.74) is 3.84. The molecule has 2 rings (SSSR count). The van der Waals surface area contributed by atoms with Crippen LogP contribution in [-0.2, 0) is 6.54 Å². The normalized spacial score (nSPS) is 10.3. The number of anilines is 1. The van der Waals surface area contributed by atoms with Gasteiger partial charge >= 0.3 is 0 Å². The van der Waals surface area contributed by atoms with E-state index < -0.39 is 0 Å². The van der Waals surface area contributed by atoms with Crippen LogP contribution in [0.4, 0.5) is 5.82 Å². The van der Waals surface area contributed by atoms with Gasteiger partial charge in [-0.05, 0) is 24.6 Å². The van der Waals surface area contributed by atoms with Gasteiger partial charge in [0.2, 0.25) is 0 Å². The maximum Gasteiger partial charge on any atom is 0.251 e. The zero-order valence-corrected chi connectivity index (χ0v) is 11.7. The molecule has 4 N–H and O–H groups in total. The van der Waals surface area contributed by atoms with Crippen LogP contribution in [0.25, 0.3) is 0 Å². The van der Waals surface area contributed by atoms with Gasteiger partial charge in [-0.2, -0.15) is 5.10 Å². The van der Waals surface area contributed by atoms with E-state index in [1.54, 1.807) is 10.9 Å². The number of rotatable bonds is 5. The Morgan fingerprint density at radius 3 is 2.95 bits per heavy atom. The largest absolute Gasteiger partial charge is 0.350 e. The van der Waals surface area contributed by atoms with Gasteiger partial charge in [0.1, 0.15) is 11.0 Å². The van der Waals surface area contributed by atoms with E-state index in [2.05, 4.69) is 20.8 Å². The van der Waals surface area contributed by atoms with Crippen molar-refractivity contribution in [2.45, 2.75) is 13.5 Å². The van der Waals surface area contributed by atoms with E-state index in [4.69, 9.17) is 17.4 Å². The number of carbonyl (C=O) groups excluding carboxylic acids is 1. The van der Waals surface area contributed by atoms with Gasteiger partial charge < -0.3 is 10.7 Å². The Hall–Kier alpha value is -2.12. The molecule has 0 aliphatic carbocycles. The molecular formula is C12H15ClN6O. The molecule has 0 unspecified atom stereocenters. The summed E-state index contributed by atoms with van der Waals surface area (Å²) >= 11 is 5.80. The third-order valence-electron chi connectivity index (χ3n) is 2.59. The highest BCUT2D eigenvalue weighted by atomic mass is 35.5. The first kappa shape index (κ1) is 14.3. The molecule has 8 heteroatoms. The maximum absolute atomic E-state index is 12.0. The highest BCUT2D eigenvalue weighted by molar-refractivity contribution is 6.29. The number of hydrogen-bond acceptors (Lipinski definition) is 5. The van der Waals surface area contributed by atoms with Crippen LogP contribution >= 0.6 is 11.6 Å². The zero-order chi connectivity index (χ0) is 14.5. The predicted octanol–water partition coefficient (Wildman–Crippen LogP) is 0.956. The van der Waals surface area contributed by atoms with Gasteiger partial charge in [0, 0.05) is 18.3 Å². The maximum atomic E-state index is 12.0. The van der Waals surface area contributed by atoms with Gasteiger partial charge in [0.25, 0.3) is 5.91 Å². The number of hydrogen-bond donors (Lipinski definition) is 3. The van der Waals surface area contributed by atoms with Crippen molar-refractivity contribution in [1.29, 1.82) is 0 Å². The molecule has 106 valence electrons. The molecule has 1 amide bonds. The van der Waals surface area contributed by atoms with Crippen LogP contribution in [-0.4, -0.2) is 27.2 Å². The molecule has 0 atom stereocenters. The van der Waals surface area contributed by atoms with Gasteiger partial charge in [0.15, 0.2) is 0 Å². The number of hydrazine groups is 1. The fraction of sp³-hybridized carbons (Fsp3) is 0.250. The molecule has 0 bridgehead atoms. The second kappa shape index (κ2) is 6.36. The smallest absolute Gasteiger partial charge is 0.251 e. The topological polar surface area (TPSA) is 97.9 Å². The molecule has 0 saturated heterocycles. The third kappa shape index (κ3) is 3.69. The van der Waals surface area contributed by atoms with E-state index in [0.29, 0.717) is 24.5 Å². The first-order valence-electron chi connectivity index (χ1n) is 6.00. The molecule has 0 aliphatic rings. The molecule has 0 radical (unpaired) electrons. The second-order valence-corrected chi connectivity index (χ2v) is 4.63. The van der Waals surface area contributed by atoms with Crippen LogP contribution in [0.5, 0.6) is 0 Å². The Morgan fingerprint density at radius 1 is 1.50 bits per heavy atom. The van der Waals surface area contributed by atoms with Crippen molar-refractivity contribution in [1.82, 2.24) is 20.1 Å². The van der Waals surface area contributed by atoms with Gasteiger partial charge in [-0.25, -0.2) is 10.8 Å². The van der Waals surface area contributed by atoms with Crippen LogP contribution in [0.15, 0.2) is 24.5 Å². The summed E-state index contributed by atoms with van der Waals surface area (Å²) in [5, 5.41) is 7.12. The zero-order valence-electron chi connectivity index (χ0n) is 10.9. The van der Waals surface area contributed by atoms with Gasteiger partial charge in [-0.3, -0.25) is 9.48 Å². The summed E-state index contributed by atoms with van der Waals surface area (Å²) in [6.07, 6.45) is 3.68. The van der Waals surface area contributed by atoms with E-state index in [9.17, 15) is 4.79 Å². The van der Waals surface area contributed by atoms with E-state index in [-0.39, 0.29) is 11.1 Å². The molecule has 7 nitrogen and oxygen atoms in total. The van der Waals surface area contributed by atoms with E-state index in [1.165, 1.54) is 12.1 Å². The van der Waals surface area contributed by atoms with Crippen molar-refractivity contribution < 1.29 is 4.79 Å². The van der Waals surface area contributed by atoms with Crippen LogP contribution in [0.3, 0.4) is 0 Å². The first-order chi connectivity index (χ1) is 9.58. The van der Waals surface area contributed by atoms with Crippen molar-refractivity contribution in [3.05, 3.63) is 40.8 Å². The van der Waals surface area contributed by atoms with Crippen LogP contribution in [0, 0.1) is 6.92 Å². The second-order valence-electron chi connectivity index (χ2n) is 4.24. The number of halogens is 1. The summed E-state index contributed by atoms with van der Waals surface area (Å²) in [7, 11) is 0. The average Bonchev–Trinajstić information content (AvgIpc) is 2.83. The molecule has 0 saturated carbocycles. The summed E-state index contributed by atoms with van der Waals surface area (Å²) in [6, 6.07) is 3.01. The lowest BCUT2D eigenvalue weighted by molar-refractivity contribution is 0.0952. The highest BCUT2D eigenvalue weighted by Gasteiger charge is 2.08. The Labute approximate surface area is 121 Å². The minimum atomic E-state index is -0.241. The summed E-state index contributed by atoms with van der Waals surface area (Å²) in [5.74, 6) is 5.35. The number of aryl methyl sites for hydroxylation is 1. The van der Waals surface area contributed by atoms with Gasteiger partial charge in [-0.15, -0.1) is 0 Å². The predicted molar refractivity (Wildman–Crippen MR) is 76.4 cm³/mol. The summed E-state index contributed by atoms with van der Waals surface area (Å²) < 4.78 is 1.77. The number of nitrogens with two attached hydrogens (primary N) is 1. The quantitative estimate of drug-likeness (QED) is 0.433. The molecule has 2 heterocycles. The number of nitrogens with one attached hydrogen (secondary N) is 2. The minimum Gasteiger partial charge on any atom is -0.350 e. The number of nitrogen functional groups attached to an aromatic ring is 1. The molecule has 2 aromatic rings. The number of amides is 1. The monoisotopic (exact) mass is 294 g/mol. The van der Waals surface area contributed by atoms with Crippen LogP contribution in [0.1, 0.15) is 15.9 Å². The fourth-order valence-corrected chi connectivity index (χ4v) is 1.89. The minimum absolute atomic E-state index is 0.202. The van der Waals surface area contributed by atoms with Crippen molar-refractivity contribution in [2.24, 2.45) is 5.84 Å². The Balaban J connectivity index is 1.93. The van der Waals surface area contributed by atoms with Crippen molar-refractivity contribution >= 4 is 23.3 Å². The lowest BCUT2D eigenvalue weighted by Gasteiger charge is -2.07. The third-order valence-corrected chi connectivity index (χ3v) is 2.79. The van der Waals surface area contributed by atoms with Gasteiger partial charge in [0.05, 0.1) is 12.7 Å². The van der Waals surface area contributed by atoms with Gasteiger partial charge in [-0.1, -0.05) is 11.6 Å². The molecule has 0 spiro atoms. The summed E-state index contributed by atoms with van der Waals surface area (Å²) in [6.45, 7) is 3.02. The lowest BCUT2D eigenvalue weighted by atomic mass is 10.2. The summed E-state index contributed by atoms with van der Waals surface area (Å²) in [4.78, 5) is 15.9. The molecule has 0 aromatic carbocycles. The standard InChI is InChI=1S/C12H15ClN6O/c1-8-6-16-19(7-8)3-2-15-12(20)9-4-10(13)17-11(5-9)18-14/h4-7H,2-3,14H2,1H3,(H,15,20)(H,17,18). The Morgan fingerprint density at radius 2 is 2.30 bits per heavy atom.